The number of ether oxygens (including phenoxy) is 1. The third-order valence-corrected chi connectivity index (χ3v) is 4.16. The fourth-order valence-corrected chi connectivity index (χ4v) is 2.69. The average Bonchev–Trinajstić information content (AvgIpc) is 2.85. The van der Waals surface area contributed by atoms with E-state index in [1.807, 2.05) is 32.5 Å². The molecule has 1 heterocycles. The van der Waals surface area contributed by atoms with Crippen LogP contribution >= 0.6 is 0 Å². The summed E-state index contributed by atoms with van der Waals surface area (Å²) in [4.78, 5) is 23.9. The standard InChI is InChI=1S/C19H26N4O3/c1-5-26-16-8-6-15(7-9-16)21-19(25)12-20-18(24)11-10-17-13(2)22-23(4)14(17)3/h6-9H,5,10-12H2,1-4H3,(H,20,24)(H,21,25). The van der Waals surface area contributed by atoms with E-state index in [0.29, 0.717) is 25.1 Å². The van der Waals surface area contributed by atoms with Crippen molar-refractivity contribution in [1.82, 2.24) is 15.1 Å². The second-order valence-corrected chi connectivity index (χ2v) is 6.06. The molecule has 1 aromatic heterocycles. The van der Waals surface area contributed by atoms with E-state index in [1.165, 1.54) is 0 Å². The Morgan fingerprint density at radius 1 is 1.15 bits per heavy atom. The van der Waals surface area contributed by atoms with Crippen molar-refractivity contribution in [1.29, 1.82) is 0 Å². The van der Waals surface area contributed by atoms with Gasteiger partial charge < -0.3 is 15.4 Å². The molecule has 0 aliphatic carbocycles. The van der Waals surface area contributed by atoms with Gasteiger partial charge in [-0.25, -0.2) is 0 Å². The van der Waals surface area contributed by atoms with Gasteiger partial charge in [-0.05, 0) is 57.0 Å². The van der Waals surface area contributed by atoms with Crippen molar-refractivity contribution in [3.8, 4) is 5.75 Å². The number of nitrogens with one attached hydrogen (secondary N) is 2. The number of aromatic nitrogens is 2. The molecule has 0 fully saturated rings. The fourth-order valence-electron chi connectivity index (χ4n) is 2.69. The van der Waals surface area contributed by atoms with Crippen LogP contribution in [0.25, 0.3) is 0 Å². The lowest BCUT2D eigenvalue weighted by atomic mass is 10.1. The minimum Gasteiger partial charge on any atom is -0.494 e. The van der Waals surface area contributed by atoms with E-state index in [9.17, 15) is 9.59 Å². The molecule has 7 heteroatoms. The molecular weight excluding hydrogens is 332 g/mol. The van der Waals surface area contributed by atoms with Crippen LogP contribution in [0, 0.1) is 13.8 Å². The fraction of sp³-hybridized carbons (Fsp3) is 0.421. The van der Waals surface area contributed by atoms with Gasteiger partial charge in [-0.2, -0.15) is 5.10 Å². The molecule has 0 saturated heterocycles. The van der Waals surface area contributed by atoms with Crippen LogP contribution < -0.4 is 15.4 Å². The Hall–Kier alpha value is -2.83. The Balaban J connectivity index is 1.75. The summed E-state index contributed by atoms with van der Waals surface area (Å²) >= 11 is 0. The zero-order chi connectivity index (χ0) is 19.1. The van der Waals surface area contributed by atoms with Crippen LogP contribution in [-0.4, -0.2) is 34.7 Å². The number of hydrogen-bond acceptors (Lipinski definition) is 4. The number of benzene rings is 1. The van der Waals surface area contributed by atoms with Gasteiger partial charge in [0.25, 0.3) is 0 Å². The zero-order valence-corrected chi connectivity index (χ0v) is 15.8. The highest BCUT2D eigenvalue weighted by Gasteiger charge is 2.12. The highest BCUT2D eigenvalue weighted by Crippen LogP contribution is 2.15. The molecule has 2 amide bonds. The van der Waals surface area contributed by atoms with Gasteiger partial charge in [-0.15, -0.1) is 0 Å². The molecule has 0 aliphatic rings. The second kappa shape index (κ2) is 9.03. The lowest BCUT2D eigenvalue weighted by molar-refractivity contribution is -0.124. The number of carbonyl (C=O) groups is 2. The SMILES string of the molecule is CCOc1ccc(NC(=O)CNC(=O)CCc2c(C)nn(C)c2C)cc1. The second-order valence-electron chi connectivity index (χ2n) is 6.06. The average molecular weight is 358 g/mol. The van der Waals surface area contributed by atoms with Crippen molar-refractivity contribution in [2.24, 2.45) is 7.05 Å². The Morgan fingerprint density at radius 2 is 1.85 bits per heavy atom. The van der Waals surface area contributed by atoms with Crippen LogP contribution in [0.1, 0.15) is 30.3 Å². The van der Waals surface area contributed by atoms with Crippen molar-refractivity contribution in [2.75, 3.05) is 18.5 Å². The topological polar surface area (TPSA) is 85.2 Å². The van der Waals surface area contributed by atoms with Crippen molar-refractivity contribution in [3.63, 3.8) is 0 Å². The summed E-state index contributed by atoms with van der Waals surface area (Å²) in [6.45, 7) is 6.37. The van der Waals surface area contributed by atoms with Gasteiger partial charge in [0.05, 0.1) is 18.8 Å². The molecule has 2 aromatic rings. The van der Waals surface area contributed by atoms with Crippen LogP contribution in [0.4, 0.5) is 5.69 Å². The maximum Gasteiger partial charge on any atom is 0.243 e. The highest BCUT2D eigenvalue weighted by molar-refractivity contribution is 5.94. The quantitative estimate of drug-likeness (QED) is 0.757. The van der Waals surface area contributed by atoms with Crippen molar-refractivity contribution in [2.45, 2.75) is 33.6 Å². The summed E-state index contributed by atoms with van der Waals surface area (Å²) in [6, 6.07) is 7.10. The predicted octanol–water partition coefficient (Wildman–Crippen LogP) is 2.12. The lowest BCUT2D eigenvalue weighted by Crippen LogP contribution is -2.33. The summed E-state index contributed by atoms with van der Waals surface area (Å²) in [6.07, 6.45) is 0.932. The summed E-state index contributed by atoms with van der Waals surface area (Å²) < 4.78 is 7.16. The number of hydrogen-bond donors (Lipinski definition) is 2. The third-order valence-electron chi connectivity index (χ3n) is 4.16. The van der Waals surface area contributed by atoms with E-state index in [4.69, 9.17) is 4.74 Å². The molecule has 140 valence electrons. The van der Waals surface area contributed by atoms with E-state index in [2.05, 4.69) is 15.7 Å². The first kappa shape index (κ1) is 19.5. The van der Waals surface area contributed by atoms with Crippen molar-refractivity contribution in [3.05, 3.63) is 41.2 Å². The Morgan fingerprint density at radius 3 is 2.42 bits per heavy atom. The molecule has 0 bridgehead atoms. The van der Waals surface area contributed by atoms with Crippen LogP contribution in [-0.2, 0) is 23.1 Å². The monoisotopic (exact) mass is 358 g/mol. The van der Waals surface area contributed by atoms with Crippen molar-refractivity contribution >= 4 is 17.5 Å². The molecule has 0 unspecified atom stereocenters. The third kappa shape index (κ3) is 5.34. The van der Waals surface area contributed by atoms with Gasteiger partial charge in [0.1, 0.15) is 5.75 Å². The van der Waals surface area contributed by atoms with E-state index in [-0.39, 0.29) is 18.4 Å². The number of amides is 2. The molecule has 1 aromatic carbocycles. The molecule has 2 N–H and O–H groups in total. The van der Waals surface area contributed by atoms with E-state index >= 15 is 0 Å². The van der Waals surface area contributed by atoms with Gasteiger partial charge in [0, 0.05) is 24.8 Å². The number of carbonyl (C=O) groups excluding carboxylic acids is 2. The number of rotatable bonds is 8. The Labute approximate surface area is 153 Å². The minimum atomic E-state index is -0.267. The molecule has 0 spiro atoms. The smallest absolute Gasteiger partial charge is 0.243 e. The van der Waals surface area contributed by atoms with Crippen LogP contribution in [0.15, 0.2) is 24.3 Å². The van der Waals surface area contributed by atoms with E-state index < -0.39 is 0 Å². The lowest BCUT2D eigenvalue weighted by Gasteiger charge is -2.08. The predicted molar refractivity (Wildman–Crippen MR) is 100 cm³/mol. The van der Waals surface area contributed by atoms with Crippen molar-refractivity contribution < 1.29 is 14.3 Å². The largest absolute Gasteiger partial charge is 0.494 e. The molecule has 0 saturated carbocycles. The van der Waals surface area contributed by atoms with E-state index in [0.717, 1.165) is 22.7 Å². The van der Waals surface area contributed by atoms with Gasteiger partial charge in [-0.1, -0.05) is 0 Å². The maximum absolute atomic E-state index is 12.0. The minimum absolute atomic E-state index is 0.0585. The first-order chi connectivity index (χ1) is 12.4. The summed E-state index contributed by atoms with van der Waals surface area (Å²) in [5, 5.41) is 9.73. The number of nitrogens with zero attached hydrogens (tertiary/aromatic N) is 2. The first-order valence-electron chi connectivity index (χ1n) is 8.69. The number of anilines is 1. The van der Waals surface area contributed by atoms with Crippen LogP contribution in [0.2, 0.25) is 0 Å². The molecule has 0 radical (unpaired) electrons. The zero-order valence-electron chi connectivity index (χ0n) is 15.8. The molecule has 0 aliphatic heterocycles. The van der Waals surface area contributed by atoms with Gasteiger partial charge in [-0.3, -0.25) is 14.3 Å². The van der Waals surface area contributed by atoms with Gasteiger partial charge in [0.15, 0.2) is 0 Å². The summed E-state index contributed by atoms with van der Waals surface area (Å²) in [5.41, 5.74) is 3.74. The Bertz CT molecular complexity index is 766. The van der Waals surface area contributed by atoms with E-state index in [1.54, 1.807) is 24.3 Å². The molecule has 26 heavy (non-hydrogen) atoms. The molecule has 2 rings (SSSR count). The maximum atomic E-state index is 12.0. The molecule has 0 atom stereocenters. The van der Waals surface area contributed by atoms with Gasteiger partial charge >= 0.3 is 0 Å². The number of aryl methyl sites for hydroxylation is 2. The highest BCUT2D eigenvalue weighted by atomic mass is 16.5. The first-order valence-corrected chi connectivity index (χ1v) is 8.69. The van der Waals surface area contributed by atoms with Crippen LogP contribution in [0.5, 0.6) is 5.75 Å². The summed E-state index contributed by atoms with van der Waals surface area (Å²) in [7, 11) is 1.89. The Kier molecular flexibility index (Phi) is 6.77. The van der Waals surface area contributed by atoms with Crippen LogP contribution in [0.3, 0.4) is 0 Å². The summed E-state index contributed by atoms with van der Waals surface area (Å²) in [5.74, 6) is 0.325. The molecule has 7 nitrogen and oxygen atoms in total. The molecular formula is C19H26N4O3. The normalized spacial score (nSPS) is 10.5. The van der Waals surface area contributed by atoms with Gasteiger partial charge in [0.2, 0.25) is 11.8 Å².